The quantitative estimate of drug-likeness (QED) is 0.594. The number of hydrogen-bond acceptors (Lipinski definition) is 7. The summed E-state index contributed by atoms with van der Waals surface area (Å²) in [6.07, 6.45) is 0.202. The number of rotatable bonds is 5. The van der Waals surface area contributed by atoms with Crippen molar-refractivity contribution in [1.29, 1.82) is 0 Å². The van der Waals surface area contributed by atoms with E-state index in [1.807, 2.05) is 13.0 Å². The Bertz CT molecular complexity index is 415. The van der Waals surface area contributed by atoms with E-state index in [2.05, 4.69) is 27.2 Å². The number of morpholine rings is 1. The highest BCUT2D eigenvalue weighted by molar-refractivity contribution is 5.49. The highest BCUT2D eigenvalue weighted by atomic mass is 16.5. The lowest BCUT2D eigenvalue weighted by Crippen LogP contribution is -2.41. The molecule has 1 aromatic rings. The molecule has 0 aromatic carbocycles. The minimum atomic E-state index is 0.202. The predicted molar refractivity (Wildman–Crippen MR) is 72.8 cm³/mol. The van der Waals surface area contributed by atoms with Crippen molar-refractivity contribution >= 4 is 11.6 Å². The minimum absolute atomic E-state index is 0.202. The van der Waals surface area contributed by atoms with Gasteiger partial charge in [0.1, 0.15) is 18.2 Å². The molecule has 1 saturated heterocycles. The molecule has 0 saturated carbocycles. The van der Waals surface area contributed by atoms with Gasteiger partial charge >= 0.3 is 0 Å². The van der Waals surface area contributed by atoms with Gasteiger partial charge in [0.2, 0.25) is 0 Å². The smallest absolute Gasteiger partial charge is 0.158 e. The van der Waals surface area contributed by atoms with Crippen LogP contribution in [0.15, 0.2) is 6.07 Å². The van der Waals surface area contributed by atoms with E-state index < -0.39 is 0 Å². The molecule has 3 N–H and O–H groups in total. The second kappa shape index (κ2) is 6.65. The Hall–Kier alpha value is -1.44. The van der Waals surface area contributed by atoms with Gasteiger partial charge in [-0.1, -0.05) is 0 Å². The highest BCUT2D eigenvalue weighted by Gasteiger charge is 2.19. The van der Waals surface area contributed by atoms with Gasteiger partial charge in [-0.3, -0.25) is 0 Å². The lowest BCUT2D eigenvalue weighted by Gasteiger charge is -2.32. The van der Waals surface area contributed by atoms with Gasteiger partial charge in [0.25, 0.3) is 0 Å². The van der Waals surface area contributed by atoms with Gasteiger partial charge in [0, 0.05) is 25.8 Å². The molecule has 106 valence electrons. The molecule has 1 aromatic heterocycles. The minimum Gasteiger partial charge on any atom is -0.375 e. The Kier molecular flexibility index (Phi) is 4.89. The van der Waals surface area contributed by atoms with E-state index in [-0.39, 0.29) is 6.10 Å². The van der Waals surface area contributed by atoms with Gasteiger partial charge in [0.05, 0.1) is 12.7 Å². The van der Waals surface area contributed by atoms with Gasteiger partial charge in [0.15, 0.2) is 5.82 Å². The second-order valence-electron chi connectivity index (χ2n) is 4.44. The average molecular weight is 267 g/mol. The van der Waals surface area contributed by atoms with Crippen molar-refractivity contribution in [2.45, 2.75) is 26.6 Å². The summed E-state index contributed by atoms with van der Waals surface area (Å²) in [5.74, 6) is 7.53. The first-order valence-corrected chi connectivity index (χ1v) is 6.51. The molecule has 0 spiro atoms. The molecule has 19 heavy (non-hydrogen) atoms. The van der Waals surface area contributed by atoms with Crippen molar-refractivity contribution in [2.75, 3.05) is 36.6 Å². The molecule has 7 heteroatoms. The SMILES string of the molecule is CCOCc1nc(NN)cc(N2CCOC(C)C2)n1. The Labute approximate surface area is 113 Å². The Morgan fingerprint density at radius 2 is 2.42 bits per heavy atom. The van der Waals surface area contributed by atoms with Crippen molar-refractivity contribution < 1.29 is 9.47 Å². The number of anilines is 2. The molecule has 1 fully saturated rings. The van der Waals surface area contributed by atoms with Crippen LogP contribution in [0.25, 0.3) is 0 Å². The summed E-state index contributed by atoms with van der Waals surface area (Å²) in [4.78, 5) is 11.0. The molecule has 1 unspecified atom stereocenters. The maximum atomic E-state index is 5.53. The molecule has 0 bridgehead atoms. The standard InChI is InChI=1S/C12H21N5O2/c1-3-18-8-11-14-10(16-13)6-12(15-11)17-4-5-19-9(2)7-17/h6,9H,3-5,7-8,13H2,1-2H3,(H,14,15,16). The molecule has 1 aliphatic heterocycles. The van der Waals surface area contributed by atoms with Gasteiger partial charge in [-0.15, -0.1) is 0 Å². The summed E-state index contributed by atoms with van der Waals surface area (Å²) in [7, 11) is 0. The van der Waals surface area contributed by atoms with Crippen LogP contribution in [0.2, 0.25) is 0 Å². The normalized spacial score (nSPS) is 19.5. The van der Waals surface area contributed by atoms with Crippen LogP contribution in [0, 0.1) is 0 Å². The lowest BCUT2D eigenvalue weighted by atomic mass is 10.3. The molecular weight excluding hydrogens is 246 g/mol. The largest absolute Gasteiger partial charge is 0.375 e. The maximum Gasteiger partial charge on any atom is 0.158 e. The number of nitrogens with zero attached hydrogens (tertiary/aromatic N) is 3. The number of hydrogen-bond donors (Lipinski definition) is 2. The van der Waals surface area contributed by atoms with Gasteiger partial charge in [-0.25, -0.2) is 15.8 Å². The number of ether oxygens (including phenoxy) is 2. The van der Waals surface area contributed by atoms with Gasteiger partial charge < -0.3 is 19.8 Å². The summed E-state index contributed by atoms with van der Waals surface area (Å²) in [6, 6.07) is 1.84. The monoisotopic (exact) mass is 267 g/mol. The van der Waals surface area contributed by atoms with Crippen LogP contribution in [-0.4, -0.2) is 42.4 Å². The number of nitrogens with two attached hydrogens (primary N) is 1. The van der Waals surface area contributed by atoms with Crippen LogP contribution in [0.1, 0.15) is 19.7 Å². The van der Waals surface area contributed by atoms with E-state index >= 15 is 0 Å². The fourth-order valence-electron chi connectivity index (χ4n) is 2.00. The summed E-state index contributed by atoms with van der Waals surface area (Å²) in [6.45, 7) is 7.35. The highest BCUT2D eigenvalue weighted by Crippen LogP contribution is 2.18. The van der Waals surface area contributed by atoms with Crippen molar-refractivity contribution in [2.24, 2.45) is 5.84 Å². The summed E-state index contributed by atoms with van der Waals surface area (Å²) < 4.78 is 10.9. The zero-order valence-corrected chi connectivity index (χ0v) is 11.4. The fourth-order valence-corrected chi connectivity index (χ4v) is 2.00. The van der Waals surface area contributed by atoms with Gasteiger partial charge in [-0.2, -0.15) is 0 Å². The second-order valence-corrected chi connectivity index (χ2v) is 4.44. The molecule has 1 aliphatic rings. The lowest BCUT2D eigenvalue weighted by molar-refractivity contribution is 0.0528. The molecule has 0 aliphatic carbocycles. The third kappa shape index (κ3) is 3.76. The zero-order valence-electron chi connectivity index (χ0n) is 11.4. The molecule has 7 nitrogen and oxygen atoms in total. The van der Waals surface area contributed by atoms with Crippen LogP contribution in [-0.2, 0) is 16.1 Å². The number of aromatic nitrogens is 2. The van der Waals surface area contributed by atoms with Crippen LogP contribution in [0.5, 0.6) is 0 Å². The predicted octanol–water partition coefficient (Wildman–Crippen LogP) is 0.524. The third-order valence-corrected chi connectivity index (χ3v) is 2.91. The third-order valence-electron chi connectivity index (χ3n) is 2.91. The van der Waals surface area contributed by atoms with Gasteiger partial charge in [-0.05, 0) is 13.8 Å². The van der Waals surface area contributed by atoms with Crippen molar-refractivity contribution in [1.82, 2.24) is 9.97 Å². The molecule has 0 radical (unpaired) electrons. The first-order valence-electron chi connectivity index (χ1n) is 6.51. The van der Waals surface area contributed by atoms with E-state index in [4.69, 9.17) is 15.3 Å². The molecule has 2 heterocycles. The Balaban J connectivity index is 2.17. The summed E-state index contributed by atoms with van der Waals surface area (Å²) in [5, 5.41) is 0. The van der Waals surface area contributed by atoms with Crippen LogP contribution in [0.3, 0.4) is 0 Å². The van der Waals surface area contributed by atoms with Crippen molar-refractivity contribution in [3.8, 4) is 0 Å². The molecule has 0 amide bonds. The van der Waals surface area contributed by atoms with E-state index in [1.54, 1.807) is 0 Å². The summed E-state index contributed by atoms with van der Waals surface area (Å²) >= 11 is 0. The van der Waals surface area contributed by atoms with Crippen LogP contribution < -0.4 is 16.2 Å². The molecule has 1 atom stereocenters. The Morgan fingerprint density at radius 3 is 3.11 bits per heavy atom. The van der Waals surface area contributed by atoms with E-state index in [0.717, 1.165) is 18.9 Å². The number of nitrogens with one attached hydrogen (secondary N) is 1. The first kappa shape index (κ1) is 14.0. The van der Waals surface area contributed by atoms with Crippen LogP contribution >= 0.6 is 0 Å². The van der Waals surface area contributed by atoms with E-state index in [9.17, 15) is 0 Å². The molecule has 2 rings (SSSR count). The fraction of sp³-hybridized carbons (Fsp3) is 0.667. The molecular formula is C12H21N5O2. The van der Waals surface area contributed by atoms with Crippen molar-refractivity contribution in [3.63, 3.8) is 0 Å². The van der Waals surface area contributed by atoms with Crippen molar-refractivity contribution in [3.05, 3.63) is 11.9 Å². The maximum absolute atomic E-state index is 5.53. The van der Waals surface area contributed by atoms with E-state index in [1.165, 1.54) is 0 Å². The number of nitrogen functional groups attached to an aromatic ring is 1. The number of hydrazine groups is 1. The summed E-state index contributed by atoms with van der Waals surface area (Å²) in [5.41, 5.74) is 2.57. The zero-order chi connectivity index (χ0) is 13.7. The van der Waals surface area contributed by atoms with Crippen LogP contribution in [0.4, 0.5) is 11.6 Å². The Morgan fingerprint density at radius 1 is 1.58 bits per heavy atom. The average Bonchev–Trinajstić information content (AvgIpc) is 2.44. The van der Waals surface area contributed by atoms with E-state index in [0.29, 0.717) is 31.5 Å². The topological polar surface area (TPSA) is 85.5 Å². The first-order chi connectivity index (χ1) is 9.22.